The molecule has 3 rings (SSSR count). The first-order valence-corrected chi connectivity index (χ1v) is 11.4. The fourth-order valence-electron chi connectivity index (χ4n) is 5.02. The molecule has 2 bridgehead atoms. The fourth-order valence-corrected chi connectivity index (χ4v) is 8.17. The quantitative estimate of drug-likeness (QED) is 0.338. The lowest BCUT2D eigenvalue weighted by Gasteiger charge is -2.37. The number of rotatable bonds is 12. The van der Waals surface area contributed by atoms with Gasteiger partial charge in [-0.3, -0.25) is 0 Å². The van der Waals surface area contributed by atoms with Crippen LogP contribution in [0.3, 0.4) is 0 Å². The summed E-state index contributed by atoms with van der Waals surface area (Å²) in [6, 6.07) is 0. The highest BCUT2D eigenvalue weighted by atomic mass is 32.2. The van der Waals surface area contributed by atoms with Crippen LogP contribution in [0.25, 0.3) is 0 Å². The number of hydrogen-bond donors (Lipinski definition) is 0. The van der Waals surface area contributed by atoms with E-state index in [1.54, 1.807) is 0 Å². The molecule has 138 valence electrons. The van der Waals surface area contributed by atoms with Crippen LogP contribution in [0.15, 0.2) is 49.6 Å². The molecule has 4 atom stereocenters. The maximum absolute atomic E-state index is 13.6. The van der Waals surface area contributed by atoms with E-state index in [4.69, 9.17) is 0 Å². The van der Waals surface area contributed by atoms with Crippen molar-refractivity contribution in [1.82, 2.24) is 0 Å². The molecule has 1 saturated carbocycles. The average molecular weight is 361 g/mol. The summed E-state index contributed by atoms with van der Waals surface area (Å²) in [5.74, 6) is 0.453. The minimum Gasteiger partial charge on any atom is -0.227 e. The van der Waals surface area contributed by atoms with Crippen molar-refractivity contribution >= 4 is 9.84 Å². The second-order valence-electron chi connectivity index (χ2n) is 7.96. The molecule has 0 spiro atoms. The third-order valence-electron chi connectivity index (χ3n) is 6.53. The van der Waals surface area contributed by atoms with E-state index in [0.29, 0.717) is 0 Å². The van der Waals surface area contributed by atoms with Crippen LogP contribution in [0.1, 0.15) is 64.2 Å². The standard InChI is InChI=1S/C22H32O2S/c1-3-5-7-9-11-15-21-17-13-19-20(14-18-21)22(19,25(21,23)24)16-12-10-8-6-4-2/h3-4,13-14,17-20H,1-2,5-12,15-16H2/t19-,20+,21?,22?. The van der Waals surface area contributed by atoms with Crippen LogP contribution in [0.4, 0.5) is 0 Å². The molecule has 0 N–H and O–H groups in total. The molecule has 3 heteroatoms. The molecule has 1 aliphatic carbocycles. The van der Waals surface area contributed by atoms with E-state index in [2.05, 4.69) is 25.3 Å². The average Bonchev–Trinajstić information content (AvgIpc) is 3.28. The molecule has 25 heavy (non-hydrogen) atoms. The summed E-state index contributed by atoms with van der Waals surface area (Å²) in [5, 5.41) is 0. The van der Waals surface area contributed by atoms with E-state index in [0.717, 1.165) is 64.2 Å². The Morgan fingerprint density at radius 3 is 1.84 bits per heavy atom. The predicted molar refractivity (Wildman–Crippen MR) is 106 cm³/mol. The zero-order valence-electron chi connectivity index (χ0n) is 15.3. The maximum atomic E-state index is 13.6. The first-order valence-electron chi connectivity index (χ1n) is 9.90. The first-order chi connectivity index (χ1) is 12.1. The Labute approximate surface area is 153 Å². The predicted octanol–water partition coefficient (Wildman–Crippen LogP) is 5.54. The number of allylic oxidation sites excluding steroid dienone is 4. The molecule has 2 nitrogen and oxygen atoms in total. The van der Waals surface area contributed by atoms with Crippen LogP contribution < -0.4 is 0 Å². The van der Waals surface area contributed by atoms with Crippen molar-refractivity contribution in [2.75, 3.05) is 0 Å². The van der Waals surface area contributed by atoms with Crippen LogP contribution in [0.5, 0.6) is 0 Å². The van der Waals surface area contributed by atoms with E-state index < -0.39 is 19.3 Å². The Hall–Kier alpha value is -1.09. The molecule has 1 fully saturated rings. The number of hydrogen-bond acceptors (Lipinski definition) is 2. The van der Waals surface area contributed by atoms with Crippen molar-refractivity contribution in [1.29, 1.82) is 0 Å². The highest BCUT2D eigenvalue weighted by molar-refractivity contribution is 7.95. The van der Waals surface area contributed by atoms with Crippen LogP contribution in [0, 0.1) is 11.8 Å². The highest BCUT2D eigenvalue weighted by Gasteiger charge is 2.76. The van der Waals surface area contributed by atoms with Crippen molar-refractivity contribution in [2.45, 2.75) is 73.7 Å². The van der Waals surface area contributed by atoms with Crippen LogP contribution in [0.2, 0.25) is 0 Å². The van der Waals surface area contributed by atoms with E-state index in [1.165, 1.54) is 0 Å². The van der Waals surface area contributed by atoms with Gasteiger partial charge in [0.25, 0.3) is 0 Å². The molecule has 0 aromatic rings. The molecule has 0 aromatic carbocycles. The molecule has 0 radical (unpaired) electrons. The second-order valence-corrected chi connectivity index (χ2v) is 10.5. The van der Waals surface area contributed by atoms with Gasteiger partial charge >= 0.3 is 0 Å². The summed E-state index contributed by atoms with van der Waals surface area (Å²) < 4.78 is 25.9. The number of fused-ring (bicyclic) bond motifs is 2. The largest absolute Gasteiger partial charge is 0.227 e. The lowest BCUT2D eigenvalue weighted by molar-refractivity contribution is 0.496. The van der Waals surface area contributed by atoms with Gasteiger partial charge in [0.1, 0.15) is 4.75 Å². The van der Waals surface area contributed by atoms with Crippen molar-refractivity contribution in [3.63, 3.8) is 0 Å². The minimum absolute atomic E-state index is 0.226. The van der Waals surface area contributed by atoms with Gasteiger partial charge < -0.3 is 0 Å². The first kappa shape index (κ1) is 18.7. The van der Waals surface area contributed by atoms with Gasteiger partial charge in [-0.05, 0) is 38.5 Å². The third-order valence-corrected chi connectivity index (χ3v) is 9.76. The van der Waals surface area contributed by atoms with Gasteiger partial charge in [0.2, 0.25) is 0 Å². The Balaban J connectivity index is 1.68. The fraction of sp³-hybridized carbons (Fsp3) is 0.636. The molecule has 2 unspecified atom stereocenters. The third kappa shape index (κ3) is 2.89. The SMILES string of the molecule is C=CCCCCCC12C=C[C@@H]3[C@H](C=C1)C3(CCCCCC=C)S2(=O)=O. The van der Waals surface area contributed by atoms with Gasteiger partial charge in [-0.15, -0.1) is 13.2 Å². The van der Waals surface area contributed by atoms with Gasteiger partial charge in [0, 0.05) is 11.8 Å². The van der Waals surface area contributed by atoms with Gasteiger partial charge in [-0.1, -0.05) is 62.1 Å². The summed E-state index contributed by atoms with van der Waals surface area (Å²) in [4.78, 5) is 0. The normalized spacial score (nSPS) is 36.2. The summed E-state index contributed by atoms with van der Waals surface area (Å²) in [5.41, 5.74) is 0. The molecule has 3 aliphatic rings. The van der Waals surface area contributed by atoms with Crippen LogP contribution in [-0.2, 0) is 9.84 Å². The summed E-state index contributed by atoms with van der Waals surface area (Å²) in [6.07, 6.45) is 22.3. The smallest absolute Gasteiger partial charge is 0.170 e. The van der Waals surface area contributed by atoms with Crippen LogP contribution >= 0.6 is 0 Å². The van der Waals surface area contributed by atoms with Gasteiger partial charge in [-0.2, -0.15) is 0 Å². The van der Waals surface area contributed by atoms with Gasteiger partial charge in [-0.25, -0.2) is 8.42 Å². The Bertz CT molecular complexity index is 648. The summed E-state index contributed by atoms with van der Waals surface area (Å²) >= 11 is 0. The zero-order chi connectivity index (χ0) is 18.0. The number of unbranched alkanes of at least 4 members (excludes halogenated alkanes) is 6. The van der Waals surface area contributed by atoms with Crippen LogP contribution in [-0.4, -0.2) is 17.9 Å². The Morgan fingerprint density at radius 2 is 1.32 bits per heavy atom. The highest BCUT2D eigenvalue weighted by Crippen LogP contribution is 2.68. The van der Waals surface area contributed by atoms with Gasteiger partial charge in [0.15, 0.2) is 9.84 Å². The van der Waals surface area contributed by atoms with E-state index in [-0.39, 0.29) is 11.8 Å². The lowest BCUT2D eigenvalue weighted by atomic mass is 9.96. The molecular formula is C22H32O2S. The molecule has 0 aromatic heterocycles. The molecular weight excluding hydrogens is 328 g/mol. The van der Waals surface area contributed by atoms with E-state index >= 15 is 0 Å². The maximum Gasteiger partial charge on any atom is 0.170 e. The van der Waals surface area contributed by atoms with Crippen molar-refractivity contribution < 1.29 is 8.42 Å². The van der Waals surface area contributed by atoms with Crippen molar-refractivity contribution in [2.24, 2.45) is 11.8 Å². The summed E-state index contributed by atoms with van der Waals surface area (Å²) in [6.45, 7) is 7.52. The lowest BCUT2D eigenvalue weighted by Crippen LogP contribution is -2.48. The van der Waals surface area contributed by atoms with Crippen molar-refractivity contribution in [3.8, 4) is 0 Å². The Kier molecular flexibility index (Phi) is 5.43. The van der Waals surface area contributed by atoms with E-state index in [9.17, 15) is 8.42 Å². The zero-order valence-corrected chi connectivity index (χ0v) is 16.1. The molecule has 2 aliphatic heterocycles. The van der Waals surface area contributed by atoms with Gasteiger partial charge in [0.05, 0.1) is 4.75 Å². The molecule has 2 heterocycles. The minimum atomic E-state index is -3.15. The van der Waals surface area contributed by atoms with E-state index in [1.807, 2.05) is 24.3 Å². The number of sulfone groups is 1. The second kappa shape index (κ2) is 7.26. The monoisotopic (exact) mass is 360 g/mol. The molecule has 0 saturated heterocycles. The summed E-state index contributed by atoms with van der Waals surface area (Å²) in [7, 11) is -3.15. The molecule has 0 amide bonds. The Morgan fingerprint density at radius 1 is 0.800 bits per heavy atom. The van der Waals surface area contributed by atoms with Crippen molar-refractivity contribution in [3.05, 3.63) is 49.6 Å². The topological polar surface area (TPSA) is 34.1 Å².